The first-order valence-corrected chi connectivity index (χ1v) is 8.05. The first-order chi connectivity index (χ1) is 9.04. The van der Waals surface area contributed by atoms with E-state index in [-0.39, 0.29) is 16.6 Å². The molecule has 0 spiro atoms. The van der Waals surface area contributed by atoms with Crippen molar-refractivity contribution < 1.29 is 22.0 Å². The molecule has 1 aromatic heterocycles. The van der Waals surface area contributed by atoms with Crippen molar-refractivity contribution in [3.05, 3.63) is 18.0 Å². The molecule has 1 rings (SSSR count). The summed E-state index contributed by atoms with van der Waals surface area (Å²) in [4.78, 5) is 12.7. The van der Waals surface area contributed by atoms with Crippen molar-refractivity contribution in [1.82, 2.24) is 9.47 Å². The fraction of sp³-hybridized carbons (Fsp3) is 0.545. The molecule has 0 unspecified atom stereocenters. The molecule has 0 aliphatic carbocycles. The molecule has 1 amide bonds. The van der Waals surface area contributed by atoms with Crippen LogP contribution >= 0.6 is 10.7 Å². The van der Waals surface area contributed by atoms with Gasteiger partial charge >= 0.3 is 0 Å². The van der Waals surface area contributed by atoms with Crippen LogP contribution in [-0.2, 0) is 9.05 Å². The fourth-order valence-electron chi connectivity index (χ4n) is 1.67. The summed E-state index contributed by atoms with van der Waals surface area (Å²) < 4.78 is 48.6. The second-order valence-electron chi connectivity index (χ2n) is 4.58. The predicted octanol–water partition coefficient (Wildman–Crippen LogP) is 2.33. The molecule has 9 heteroatoms. The Morgan fingerprint density at radius 2 is 2.00 bits per heavy atom. The standard InChI is InChI=1S/C11H15ClF2N2O3S/c1-7(2)16-5-8(20(12,18)19)4-9(16)11(17)15(3)6-10(13)14/h4-5,7,10H,6H2,1-3H3. The van der Waals surface area contributed by atoms with Gasteiger partial charge in [-0.1, -0.05) is 0 Å². The molecule has 114 valence electrons. The van der Waals surface area contributed by atoms with Crippen LogP contribution in [0.1, 0.15) is 30.4 Å². The van der Waals surface area contributed by atoms with E-state index in [0.29, 0.717) is 0 Å². The van der Waals surface area contributed by atoms with E-state index < -0.39 is 27.9 Å². The molecule has 0 N–H and O–H groups in total. The van der Waals surface area contributed by atoms with Crippen molar-refractivity contribution >= 4 is 25.6 Å². The minimum Gasteiger partial charge on any atom is -0.340 e. The third-order valence-corrected chi connectivity index (χ3v) is 3.96. The second kappa shape index (κ2) is 6.09. The number of hydrogen-bond donors (Lipinski definition) is 0. The summed E-state index contributed by atoms with van der Waals surface area (Å²) in [5, 5.41) is 0. The van der Waals surface area contributed by atoms with Crippen LogP contribution in [0, 0.1) is 0 Å². The number of nitrogens with zero attached hydrogens (tertiary/aromatic N) is 2. The quantitative estimate of drug-likeness (QED) is 0.779. The normalized spacial score (nSPS) is 12.2. The predicted molar refractivity (Wildman–Crippen MR) is 70.8 cm³/mol. The summed E-state index contributed by atoms with van der Waals surface area (Å²) in [6, 6.07) is 0.869. The van der Waals surface area contributed by atoms with Crippen LogP contribution in [0.25, 0.3) is 0 Å². The van der Waals surface area contributed by atoms with E-state index in [4.69, 9.17) is 10.7 Å². The highest BCUT2D eigenvalue weighted by Crippen LogP contribution is 2.22. The highest BCUT2D eigenvalue weighted by atomic mass is 35.7. The zero-order valence-electron chi connectivity index (χ0n) is 11.2. The van der Waals surface area contributed by atoms with Crippen LogP contribution in [0.2, 0.25) is 0 Å². The minimum absolute atomic E-state index is 0.00220. The van der Waals surface area contributed by atoms with Crippen molar-refractivity contribution in [2.45, 2.75) is 31.2 Å². The largest absolute Gasteiger partial charge is 0.340 e. The fourth-order valence-corrected chi connectivity index (χ4v) is 2.42. The van der Waals surface area contributed by atoms with Gasteiger partial charge in [-0.25, -0.2) is 17.2 Å². The van der Waals surface area contributed by atoms with Crippen molar-refractivity contribution in [3.8, 4) is 0 Å². The smallest absolute Gasteiger partial charge is 0.270 e. The van der Waals surface area contributed by atoms with Gasteiger partial charge in [-0.15, -0.1) is 0 Å². The SMILES string of the molecule is CC(C)n1cc(S(=O)(=O)Cl)cc1C(=O)N(C)CC(F)F. The molecular weight excluding hydrogens is 314 g/mol. The van der Waals surface area contributed by atoms with E-state index >= 15 is 0 Å². The average molecular weight is 329 g/mol. The van der Waals surface area contributed by atoms with Gasteiger partial charge < -0.3 is 9.47 Å². The van der Waals surface area contributed by atoms with E-state index in [9.17, 15) is 22.0 Å². The monoisotopic (exact) mass is 328 g/mol. The number of amides is 1. The number of carbonyl (C=O) groups excluding carboxylic acids is 1. The molecule has 0 aromatic carbocycles. The molecule has 1 aromatic rings. The van der Waals surface area contributed by atoms with Gasteiger partial charge in [-0.3, -0.25) is 4.79 Å². The van der Waals surface area contributed by atoms with Gasteiger partial charge in [0.15, 0.2) is 0 Å². The molecule has 5 nitrogen and oxygen atoms in total. The Bertz CT molecular complexity index is 599. The topological polar surface area (TPSA) is 59.4 Å². The average Bonchev–Trinajstić information content (AvgIpc) is 2.71. The number of aromatic nitrogens is 1. The lowest BCUT2D eigenvalue weighted by Crippen LogP contribution is -2.32. The number of alkyl halides is 2. The molecule has 0 radical (unpaired) electrons. The van der Waals surface area contributed by atoms with Crippen molar-refractivity contribution in [1.29, 1.82) is 0 Å². The first-order valence-electron chi connectivity index (χ1n) is 5.74. The third-order valence-electron chi connectivity index (χ3n) is 2.64. The van der Waals surface area contributed by atoms with E-state index in [1.165, 1.54) is 17.8 Å². The Labute approximate surface area is 120 Å². The lowest BCUT2D eigenvalue weighted by atomic mass is 10.3. The summed E-state index contributed by atoms with van der Waals surface area (Å²) in [6.07, 6.45) is -1.45. The maximum atomic E-state index is 12.3. The molecule has 0 fully saturated rings. The van der Waals surface area contributed by atoms with Crippen LogP contribution < -0.4 is 0 Å². The first kappa shape index (κ1) is 16.9. The zero-order chi connectivity index (χ0) is 15.7. The molecular formula is C11H15ClF2N2O3S. The Hall–Kier alpha value is -1.15. The Balaban J connectivity index is 3.23. The second-order valence-corrected chi connectivity index (χ2v) is 7.14. The lowest BCUT2D eigenvalue weighted by Gasteiger charge is -2.19. The van der Waals surface area contributed by atoms with Crippen LogP contribution in [0.5, 0.6) is 0 Å². The summed E-state index contributed by atoms with van der Waals surface area (Å²) in [5.74, 6) is -0.689. The maximum absolute atomic E-state index is 12.3. The Kier molecular flexibility index (Phi) is 5.15. The van der Waals surface area contributed by atoms with E-state index in [2.05, 4.69) is 0 Å². The molecule has 0 aliphatic rings. The van der Waals surface area contributed by atoms with Crippen LogP contribution in [0.15, 0.2) is 17.2 Å². The van der Waals surface area contributed by atoms with Crippen LogP contribution in [-0.4, -0.2) is 43.8 Å². The number of rotatable bonds is 5. The summed E-state index contributed by atoms with van der Waals surface area (Å²) in [7, 11) is 2.47. The van der Waals surface area contributed by atoms with Gasteiger partial charge in [-0.05, 0) is 19.9 Å². The molecule has 1 heterocycles. The van der Waals surface area contributed by atoms with Gasteiger partial charge in [-0.2, -0.15) is 0 Å². The third kappa shape index (κ3) is 3.92. The van der Waals surface area contributed by atoms with Gasteiger partial charge in [0.25, 0.3) is 21.4 Å². The minimum atomic E-state index is -3.99. The number of hydrogen-bond acceptors (Lipinski definition) is 3. The maximum Gasteiger partial charge on any atom is 0.270 e. The Morgan fingerprint density at radius 3 is 2.40 bits per heavy atom. The number of carbonyl (C=O) groups is 1. The van der Waals surface area contributed by atoms with Crippen molar-refractivity contribution in [2.75, 3.05) is 13.6 Å². The zero-order valence-corrected chi connectivity index (χ0v) is 12.8. The molecule has 0 atom stereocenters. The Morgan fingerprint density at radius 1 is 1.45 bits per heavy atom. The van der Waals surface area contributed by atoms with Gasteiger partial charge in [0, 0.05) is 30.0 Å². The highest BCUT2D eigenvalue weighted by Gasteiger charge is 2.24. The summed E-state index contributed by atoms with van der Waals surface area (Å²) in [6.45, 7) is 2.73. The number of halogens is 3. The van der Waals surface area contributed by atoms with Gasteiger partial charge in [0.05, 0.1) is 6.54 Å². The highest BCUT2D eigenvalue weighted by molar-refractivity contribution is 8.13. The molecule has 0 saturated heterocycles. The van der Waals surface area contributed by atoms with E-state index in [0.717, 1.165) is 11.0 Å². The van der Waals surface area contributed by atoms with Gasteiger partial charge in [0.2, 0.25) is 0 Å². The van der Waals surface area contributed by atoms with E-state index in [1.807, 2.05) is 0 Å². The van der Waals surface area contributed by atoms with Crippen molar-refractivity contribution in [3.63, 3.8) is 0 Å². The molecule has 0 bridgehead atoms. The molecule has 0 saturated carbocycles. The van der Waals surface area contributed by atoms with Crippen molar-refractivity contribution in [2.24, 2.45) is 0 Å². The molecule has 0 aliphatic heterocycles. The molecule has 20 heavy (non-hydrogen) atoms. The van der Waals surface area contributed by atoms with Crippen LogP contribution in [0.3, 0.4) is 0 Å². The summed E-state index contributed by atoms with van der Waals surface area (Å²) >= 11 is 0. The summed E-state index contributed by atoms with van der Waals surface area (Å²) in [5.41, 5.74) is 0.00220. The van der Waals surface area contributed by atoms with Gasteiger partial charge in [0.1, 0.15) is 10.6 Å². The van der Waals surface area contributed by atoms with E-state index in [1.54, 1.807) is 13.8 Å². The van der Waals surface area contributed by atoms with Crippen LogP contribution in [0.4, 0.5) is 8.78 Å². The lowest BCUT2D eigenvalue weighted by molar-refractivity contribution is 0.0609.